The molecule has 2 atom stereocenters. The van der Waals surface area contributed by atoms with E-state index in [9.17, 15) is 27.2 Å². The highest BCUT2D eigenvalue weighted by atomic mass is 35.5. The summed E-state index contributed by atoms with van der Waals surface area (Å²) in [6.07, 6.45) is 3.49. The van der Waals surface area contributed by atoms with Gasteiger partial charge in [0.05, 0.1) is 29.0 Å². The Balaban J connectivity index is 1.25. The molecule has 3 N–H and O–H groups in total. The van der Waals surface area contributed by atoms with E-state index >= 15 is 0 Å². The SMILES string of the molecule is CC(C)(C)C[C@]1(c2ccc(-c3cnn(C4CC4)c3)cc2)N=C(N)N([C@H](COC(=O)N/C=C2\CC2(F)F)c2ccc(Cl)c(-n3ncnc3C(F)F)c2)C1=O. The van der Waals surface area contributed by atoms with Gasteiger partial charge in [0.15, 0.2) is 17.3 Å². The van der Waals surface area contributed by atoms with E-state index in [0.29, 0.717) is 11.6 Å². The molecule has 12 nitrogen and oxygen atoms in total. The number of nitrogens with one attached hydrogen (secondary N) is 1. The standard InChI is InChI=1S/C36H36ClF4N9O3/c1-34(2,3)18-35(23-7-4-20(5-8-23)22-14-45-48(16-22)25-9-10-25)31(51)49(32(42)47-35)28(17-53-33(52)43-15-24-13-36(24,40)41)21-6-11-26(37)27(12-21)50-30(29(38)39)44-19-46-50/h4-8,11-12,14-16,19,25,28-29H,9-10,13,17-18H2,1-3H3,(H2,42,47)(H,43,52)/b24-15+/t28-,35-/m1/s1. The summed E-state index contributed by atoms with van der Waals surface area (Å²) >= 11 is 6.46. The smallest absolute Gasteiger partial charge is 0.411 e. The number of alkyl carbamates (subject to hydrolysis) is 1. The second kappa shape index (κ2) is 13.3. The minimum Gasteiger partial charge on any atom is -0.447 e. The number of nitrogens with zero attached hydrogens (tertiary/aromatic N) is 7. The van der Waals surface area contributed by atoms with Gasteiger partial charge in [0.2, 0.25) is 0 Å². The maximum Gasteiger partial charge on any atom is 0.411 e. The van der Waals surface area contributed by atoms with Crippen LogP contribution in [0.1, 0.15) is 81.9 Å². The van der Waals surface area contributed by atoms with Crippen molar-refractivity contribution in [3.8, 4) is 16.8 Å². The fourth-order valence-electron chi connectivity index (χ4n) is 6.54. The Morgan fingerprint density at radius 1 is 1.13 bits per heavy atom. The van der Waals surface area contributed by atoms with Gasteiger partial charge in [-0.05, 0) is 53.5 Å². The Morgan fingerprint density at radius 3 is 2.49 bits per heavy atom. The van der Waals surface area contributed by atoms with E-state index in [1.165, 1.54) is 23.1 Å². The zero-order valence-corrected chi connectivity index (χ0v) is 29.7. The zero-order chi connectivity index (χ0) is 37.9. The van der Waals surface area contributed by atoms with Gasteiger partial charge in [-0.2, -0.15) is 10.2 Å². The van der Waals surface area contributed by atoms with Gasteiger partial charge in [-0.3, -0.25) is 19.7 Å². The van der Waals surface area contributed by atoms with E-state index in [2.05, 4.69) is 20.5 Å². The first-order valence-electron chi connectivity index (χ1n) is 16.9. The number of guanidine groups is 1. The molecule has 2 aliphatic carbocycles. The van der Waals surface area contributed by atoms with Crippen LogP contribution in [0.4, 0.5) is 22.4 Å². The number of nitrogens with two attached hydrogens (primary N) is 1. The number of aliphatic imine (C=N–C) groups is 1. The molecule has 0 spiro atoms. The summed E-state index contributed by atoms with van der Waals surface area (Å²) in [5.41, 5.74) is 7.05. The number of amides is 2. The van der Waals surface area contributed by atoms with Crippen LogP contribution in [-0.2, 0) is 15.1 Å². The molecule has 2 amide bonds. The summed E-state index contributed by atoms with van der Waals surface area (Å²) < 4.78 is 62.8. The van der Waals surface area contributed by atoms with Crippen LogP contribution in [0.25, 0.3) is 16.8 Å². The molecule has 7 rings (SSSR count). The molecule has 2 aromatic heterocycles. The maximum atomic E-state index is 15.0. The maximum absolute atomic E-state index is 15.0. The molecule has 3 heterocycles. The van der Waals surface area contributed by atoms with Crippen molar-refractivity contribution in [1.82, 2.24) is 34.8 Å². The summed E-state index contributed by atoms with van der Waals surface area (Å²) in [5, 5.41) is 10.6. The van der Waals surface area contributed by atoms with Crippen molar-refractivity contribution in [3.05, 3.63) is 94.9 Å². The number of allylic oxidation sites excluding steroid dienone is 1. The number of alkyl halides is 4. The van der Waals surface area contributed by atoms with Crippen LogP contribution < -0.4 is 11.1 Å². The highest BCUT2D eigenvalue weighted by Gasteiger charge is 2.53. The number of carbonyl (C=O) groups excluding carboxylic acids is 2. The van der Waals surface area contributed by atoms with E-state index in [4.69, 9.17) is 27.1 Å². The molecule has 278 valence electrons. The largest absolute Gasteiger partial charge is 0.447 e. The number of aromatic nitrogens is 5. The Bertz CT molecular complexity index is 2120. The Kier molecular flexibility index (Phi) is 9.07. The summed E-state index contributed by atoms with van der Waals surface area (Å²) in [5.74, 6) is -4.38. The number of ether oxygens (including phenoxy) is 1. The van der Waals surface area contributed by atoms with E-state index in [-0.39, 0.29) is 34.2 Å². The second-order valence-electron chi connectivity index (χ2n) is 14.6. The monoisotopic (exact) mass is 753 g/mol. The molecule has 2 aromatic carbocycles. The van der Waals surface area contributed by atoms with Crippen LogP contribution in [0.3, 0.4) is 0 Å². The van der Waals surface area contributed by atoms with Crippen LogP contribution in [0, 0.1) is 5.41 Å². The third kappa shape index (κ3) is 7.24. The van der Waals surface area contributed by atoms with Crippen molar-refractivity contribution in [2.75, 3.05) is 6.61 Å². The number of halogens is 5. The molecular formula is C36H36ClF4N9O3. The average molecular weight is 754 g/mol. The third-order valence-electron chi connectivity index (χ3n) is 9.29. The molecule has 2 saturated carbocycles. The molecular weight excluding hydrogens is 718 g/mol. The first kappa shape index (κ1) is 36.1. The van der Waals surface area contributed by atoms with Crippen molar-refractivity contribution < 1.29 is 31.9 Å². The Labute approximate surface area is 306 Å². The lowest BCUT2D eigenvalue weighted by atomic mass is 9.75. The number of rotatable bonds is 11. The van der Waals surface area contributed by atoms with Crippen molar-refractivity contribution in [1.29, 1.82) is 0 Å². The topological polar surface area (TPSA) is 146 Å². The first-order chi connectivity index (χ1) is 25.1. The fourth-order valence-corrected chi connectivity index (χ4v) is 6.73. The zero-order valence-electron chi connectivity index (χ0n) is 28.9. The molecule has 2 fully saturated rings. The number of carbonyl (C=O) groups is 2. The molecule has 0 saturated heterocycles. The number of benzene rings is 2. The fraction of sp³-hybridized carbons (Fsp3) is 0.389. The van der Waals surface area contributed by atoms with Gasteiger partial charge in [0.1, 0.15) is 12.9 Å². The Morgan fingerprint density at radius 2 is 1.85 bits per heavy atom. The van der Waals surface area contributed by atoms with Crippen molar-refractivity contribution in [2.24, 2.45) is 16.1 Å². The minimum absolute atomic E-state index is 0.0100. The Hall–Kier alpha value is -5.25. The predicted octanol–water partition coefficient (Wildman–Crippen LogP) is 7.24. The quantitative estimate of drug-likeness (QED) is 0.154. The van der Waals surface area contributed by atoms with Gasteiger partial charge in [-0.15, -0.1) is 0 Å². The average Bonchev–Trinajstić information content (AvgIpc) is 3.85. The van der Waals surface area contributed by atoms with Crippen molar-refractivity contribution in [2.45, 2.75) is 76.4 Å². The van der Waals surface area contributed by atoms with E-state index in [1.54, 1.807) is 6.20 Å². The van der Waals surface area contributed by atoms with Gasteiger partial charge >= 0.3 is 6.09 Å². The summed E-state index contributed by atoms with van der Waals surface area (Å²) in [7, 11) is 0. The molecule has 53 heavy (non-hydrogen) atoms. The number of hydrogen-bond acceptors (Lipinski definition) is 8. The summed E-state index contributed by atoms with van der Waals surface area (Å²) in [6, 6.07) is 11.0. The number of hydrogen-bond donors (Lipinski definition) is 2. The summed E-state index contributed by atoms with van der Waals surface area (Å²) in [4.78, 5) is 37.3. The van der Waals surface area contributed by atoms with Crippen molar-refractivity contribution in [3.63, 3.8) is 0 Å². The van der Waals surface area contributed by atoms with Crippen LogP contribution in [0.5, 0.6) is 0 Å². The first-order valence-corrected chi connectivity index (χ1v) is 17.3. The van der Waals surface area contributed by atoms with Crippen LogP contribution in [0.2, 0.25) is 5.02 Å². The second-order valence-corrected chi connectivity index (χ2v) is 15.0. The molecule has 0 radical (unpaired) electrons. The lowest BCUT2D eigenvalue weighted by molar-refractivity contribution is -0.135. The van der Waals surface area contributed by atoms with E-state index in [1.807, 2.05) is 55.9 Å². The predicted molar refractivity (Wildman–Crippen MR) is 186 cm³/mol. The van der Waals surface area contributed by atoms with Gasteiger partial charge in [-0.1, -0.05) is 62.7 Å². The molecule has 0 bridgehead atoms. The molecule has 0 unspecified atom stereocenters. The van der Waals surface area contributed by atoms with Crippen LogP contribution >= 0.6 is 11.6 Å². The highest BCUT2D eigenvalue weighted by Crippen LogP contribution is 2.48. The van der Waals surface area contributed by atoms with Crippen LogP contribution in [0.15, 0.2) is 78.0 Å². The van der Waals surface area contributed by atoms with Crippen molar-refractivity contribution >= 4 is 29.6 Å². The van der Waals surface area contributed by atoms with Crippen LogP contribution in [-0.4, -0.2) is 59.9 Å². The summed E-state index contributed by atoms with van der Waals surface area (Å²) in [6.45, 7) is 5.35. The molecule has 17 heteroatoms. The molecule has 3 aliphatic rings. The minimum atomic E-state index is -2.99. The van der Waals surface area contributed by atoms with Gasteiger partial charge in [-0.25, -0.2) is 37.0 Å². The van der Waals surface area contributed by atoms with Gasteiger partial charge in [0.25, 0.3) is 18.3 Å². The highest BCUT2D eigenvalue weighted by molar-refractivity contribution is 6.32. The van der Waals surface area contributed by atoms with Gasteiger partial charge < -0.3 is 10.5 Å². The molecule has 1 aliphatic heterocycles. The lowest BCUT2D eigenvalue weighted by Crippen LogP contribution is -2.47. The third-order valence-corrected chi connectivity index (χ3v) is 9.61. The van der Waals surface area contributed by atoms with E-state index < -0.39 is 60.2 Å². The van der Waals surface area contributed by atoms with E-state index in [0.717, 1.165) is 41.2 Å². The lowest BCUT2D eigenvalue weighted by Gasteiger charge is -2.35. The van der Waals surface area contributed by atoms with Gasteiger partial charge in [0, 0.05) is 30.0 Å². The normalized spacial score (nSPS) is 20.9. The molecule has 4 aromatic rings.